The van der Waals surface area contributed by atoms with Crippen LogP contribution in [0.15, 0.2) is 29.4 Å². The molecule has 0 bridgehead atoms. The Kier molecular flexibility index (Phi) is 6.73. The van der Waals surface area contributed by atoms with Gasteiger partial charge in [0.25, 0.3) is 0 Å². The van der Waals surface area contributed by atoms with Crippen LogP contribution in [0.3, 0.4) is 0 Å². The highest BCUT2D eigenvalue weighted by molar-refractivity contribution is 5.87. The van der Waals surface area contributed by atoms with Crippen molar-refractivity contribution in [3.8, 4) is 0 Å². The van der Waals surface area contributed by atoms with Crippen LogP contribution in [0.1, 0.15) is 27.7 Å². The molecule has 0 radical (unpaired) electrons. The molecule has 3 nitrogen and oxygen atoms in total. The van der Waals surface area contributed by atoms with Gasteiger partial charge in [0.2, 0.25) is 0 Å². The third-order valence-corrected chi connectivity index (χ3v) is 3.52. The van der Waals surface area contributed by atoms with E-state index in [0.29, 0.717) is 5.92 Å². The van der Waals surface area contributed by atoms with Crippen LogP contribution in [-0.2, 0) is 0 Å². The molecule has 0 aromatic rings. The summed E-state index contributed by atoms with van der Waals surface area (Å²) in [6.07, 6.45) is 8.32. The lowest BCUT2D eigenvalue weighted by Crippen LogP contribution is -2.40. The van der Waals surface area contributed by atoms with Gasteiger partial charge in [0.05, 0.1) is 0 Å². The summed E-state index contributed by atoms with van der Waals surface area (Å²) in [7, 11) is 0. The van der Waals surface area contributed by atoms with Crippen molar-refractivity contribution in [2.45, 2.75) is 27.7 Å². The van der Waals surface area contributed by atoms with Crippen molar-refractivity contribution in [3.63, 3.8) is 0 Å². The summed E-state index contributed by atoms with van der Waals surface area (Å²) in [5.74, 6) is 1.61. The summed E-state index contributed by atoms with van der Waals surface area (Å²) in [5.41, 5.74) is 0. The largest absolute Gasteiger partial charge is 0.360 e. The van der Waals surface area contributed by atoms with E-state index in [0.717, 1.165) is 32.7 Å². The van der Waals surface area contributed by atoms with Crippen molar-refractivity contribution >= 4 is 5.84 Å². The SMILES string of the molecule is CCN(CC)CC1C=CC=CN=C1N(CC)CC. The van der Waals surface area contributed by atoms with Gasteiger partial charge in [0.15, 0.2) is 0 Å². The molecule has 1 unspecified atom stereocenters. The van der Waals surface area contributed by atoms with Crippen LogP contribution < -0.4 is 0 Å². The summed E-state index contributed by atoms with van der Waals surface area (Å²) < 4.78 is 0. The topological polar surface area (TPSA) is 18.8 Å². The second-order valence-electron chi connectivity index (χ2n) is 4.48. The normalized spacial score (nSPS) is 18.9. The van der Waals surface area contributed by atoms with Crippen LogP contribution in [0.4, 0.5) is 0 Å². The van der Waals surface area contributed by atoms with Gasteiger partial charge in [-0.1, -0.05) is 26.0 Å². The molecule has 1 atom stereocenters. The average molecular weight is 249 g/mol. The first-order chi connectivity index (χ1) is 8.76. The summed E-state index contributed by atoms with van der Waals surface area (Å²) in [5, 5.41) is 0. The molecule has 18 heavy (non-hydrogen) atoms. The van der Waals surface area contributed by atoms with Crippen molar-refractivity contribution in [2.24, 2.45) is 10.9 Å². The number of nitrogens with zero attached hydrogens (tertiary/aromatic N) is 3. The highest BCUT2D eigenvalue weighted by atomic mass is 15.2. The van der Waals surface area contributed by atoms with Gasteiger partial charge in [-0.25, -0.2) is 4.99 Å². The van der Waals surface area contributed by atoms with Crippen LogP contribution in [0.5, 0.6) is 0 Å². The minimum atomic E-state index is 0.403. The molecule has 0 amide bonds. The standard InChI is InChI=1S/C15H27N3/c1-5-17(6-2)13-14-11-9-10-12-16-15(14)18(7-3)8-4/h9-12,14H,5-8,13H2,1-4H3. The molecule has 1 aliphatic heterocycles. The fourth-order valence-corrected chi connectivity index (χ4v) is 2.32. The Hall–Kier alpha value is -1.09. The molecule has 0 N–H and O–H groups in total. The lowest BCUT2D eigenvalue weighted by atomic mass is 10.1. The monoisotopic (exact) mass is 249 g/mol. The van der Waals surface area contributed by atoms with Gasteiger partial charge in [-0.2, -0.15) is 0 Å². The van der Waals surface area contributed by atoms with E-state index in [4.69, 9.17) is 0 Å². The highest BCUT2D eigenvalue weighted by Crippen LogP contribution is 2.13. The zero-order valence-electron chi connectivity index (χ0n) is 12.3. The molecule has 1 rings (SSSR count). The van der Waals surface area contributed by atoms with E-state index >= 15 is 0 Å². The summed E-state index contributed by atoms with van der Waals surface area (Å²) in [6, 6.07) is 0. The Morgan fingerprint density at radius 2 is 1.67 bits per heavy atom. The lowest BCUT2D eigenvalue weighted by Gasteiger charge is -2.30. The molecule has 0 aromatic heterocycles. The molecule has 0 aromatic carbocycles. The predicted molar refractivity (Wildman–Crippen MR) is 79.9 cm³/mol. The number of allylic oxidation sites excluding steroid dienone is 2. The first kappa shape index (κ1) is 15.0. The van der Waals surface area contributed by atoms with Gasteiger partial charge in [0, 0.05) is 31.8 Å². The van der Waals surface area contributed by atoms with Crippen molar-refractivity contribution in [1.82, 2.24) is 9.80 Å². The fraction of sp³-hybridized carbons (Fsp3) is 0.667. The fourth-order valence-electron chi connectivity index (χ4n) is 2.32. The minimum Gasteiger partial charge on any atom is -0.360 e. The van der Waals surface area contributed by atoms with Crippen LogP contribution >= 0.6 is 0 Å². The quantitative estimate of drug-likeness (QED) is 0.721. The molecule has 0 spiro atoms. The number of aliphatic imine (C=N–C) groups is 1. The zero-order chi connectivity index (χ0) is 13.4. The lowest BCUT2D eigenvalue weighted by molar-refractivity contribution is 0.286. The first-order valence-corrected chi connectivity index (χ1v) is 7.15. The zero-order valence-corrected chi connectivity index (χ0v) is 12.3. The second kappa shape index (κ2) is 8.09. The van der Waals surface area contributed by atoms with Crippen LogP contribution in [0, 0.1) is 5.92 Å². The third-order valence-electron chi connectivity index (χ3n) is 3.52. The van der Waals surface area contributed by atoms with Crippen LogP contribution in [-0.4, -0.2) is 48.4 Å². The number of hydrogen-bond donors (Lipinski definition) is 0. The minimum absolute atomic E-state index is 0.403. The van der Waals surface area contributed by atoms with E-state index in [2.05, 4.69) is 54.6 Å². The molecule has 1 heterocycles. The first-order valence-electron chi connectivity index (χ1n) is 7.15. The van der Waals surface area contributed by atoms with Crippen molar-refractivity contribution in [1.29, 1.82) is 0 Å². The molecule has 1 aliphatic rings. The van der Waals surface area contributed by atoms with E-state index < -0.39 is 0 Å². The summed E-state index contributed by atoms with van der Waals surface area (Å²) in [4.78, 5) is 9.45. The molecule has 0 saturated carbocycles. The Balaban J connectivity index is 2.84. The van der Waals surface area contributed by atoms with Gasteiger partial charge >= 0.3 is 0 Å². The predicted octanol–water partition coefficient (Wildman–Crippen LogP) is 2.77. The van der Waals surface area contributed by atoms with E-state index in [1.807, 2.05) is 12.3 Å². The van der Waals surface area contributed by atoms with Crippen LogP contribution in [0.25, 0.3) is 0 Å². The molecule has 0 saturated heterocycles. The molecule has 0 aliphatic carbocycles. The number of amidine groups is 1. The Morgan fingerprint density at radius 3 is 2.22 bits per heavy atom. The van der Waals surface area contributed by atoms with Gasteiger partial charge < -0.3 is 9.80 Å². The number of hydrogen-bond acceptors (Lipinski definition) is 3. The number of rotatable bonds is 6. The Bertz CT molecular complexity index is 310. The van der Waals surface area contributed by atoms with E-state index in [1.54, 1.807) is 0 Å². The van der Waals surface area contributed by atoms with E-state index in [9.17, 15) is 0 Å². The third kappa shape index (κ3) is 3.98. The Labute approximate surface area is 112 Å². The molecular formula is C15H27N3. The second-order valence-corrected chi connectivity index (χ2v) is 4.48. The van der Waals surface area contributed by atoms with Gasteiger partial charge in [-0.15, -0.1) is 0 Å². The van der Waals surface area contributed by atoms with Crippen molar-refractivity contribution in [3.05, 3.63) is 24.4 Å². The summed E-state index contributed by atoms with van der Waals surface area (Å²) in [6.45, 7) is 14.1. The maximum absolute atomic E-state index is 4.64. The smallest absolute Gasteiger partial charge is 0.112 e. The Morgan fingerprint density at radius 1 is 1.00 bits per heavy atom. The summed E-state index contributed by atoms with van der Waals surface area (Å²) >= 11 is 0. The highest BCUT2D eigenvalue weighted by Gasteiger charge is 2.20. The maximum atomic E-state index is 4.64. The average Bonchev–Trinajstić information content (AvgIpc) is 2.63. The van der Waals surface area contributed by atoms with Crippen LogP contribution in [0.2, 0.25) is 0 Å². The van der Waals surface area contributed by atoms with Crippen molar-refractivity contribution < 1.29 is 0 Å². The molecular weight excluding hydrogens is 222 g/mol. The molecule has 3 heteroatoms. The van der Waals surface area contributed by atoms with E-state index in [-0.39, 0.29) is 0 Å². The van der Waals surface area contributed by atoms with Crippen molar-refractivity contribution in [2.75, 3.05) is 32.7 Å². The van der Waals surface area contributed by atoms with Gasteiger partial charge in [-0.05, 0) is 33.0 Å². The molecule has 0 fully saturated rings. The van der Waals surface area contributed by atoms with E-state index in [1.165, 1.54) is 5.84 Å². The molecule has 102 valence electrons. The maximum Gasteiger partial charge on any atom is 0.112 e. The van der Waals surface area contributed by atoms with Gasteiger partial charge in [0.1, 0.15) is 5.84 Å². The van der Waals surface area contributed by atoms with Gasteiger partial charge in [-0.3, -0.25) is 0 Å².